The molecule has 0 aromatic heterocycles. The molecular formula is C16H30N2. The van der Waals surface area contributed by atoms with Gasteiger partial charge in [-0.25, -0.2) is 0 Å². The van der Waals surface area contributed by atoms with Crippen molar-refractivity contribution in [3.8, 4) is 0 Å². The molecule has 3 aliphatic rings. The molecule has 0 radical (unpaired) electrons. The molecule has 3 fully saturated rings. The lowest BCUT2D eigenvalue weighted by Crippen LogP contribution is -2.51. The fourth-order valence-corrected chi connectivity index (χ4v) is 4.57. The zero-order valence-corrected chi connectivity index (χ0v) is 12.2. The SMILES string of the molecule is CCCNC(C1CCC1)C1CC2CCC(C1)N2C. The smallest absolute Gasteiger partial charge is 0.0125 e. The number of nitrogens with zero attached hydrogens (tertiary/aromatic N) is 1. The quantitative estimate of drug-likeness (QED) is 0.807. The molecule has 2 aliphatic heterocycles. The maximum absolute atomic E-state index is 3.91. The molecule has 0 spiro atoms. The Bertz CT molecular complexity index is 260. The first-order valence-corrected chi connectivity index (χ1v) is 8.25. The molecule has 2 bridgehead atoms. The summed E-state index contributed by atoms with van der Waals surface area (Å²) in [6.07, 6.45) is 11.6. The Morgan fingerprint density at radius 1 is 1.06 bits per heavy atom. The average Bonchev–Trinajstić information content (AvgIpc) is 2.53. The van der Waals surface area contributed by atoms with Crippen LogP contribution in [0.15, 0.2) is 0 Å². The van der Waals surface area contributed by atoms with Gasteiger partial charge < -0.3 is 10.2 Å². The Kier molecular flexibility index (Phi) is 3.95. The summed E-state index contributed by atoms with van der Waals surface area (Å²) in [4.78, 5) is 2.67. The van der Waals surface area contributed by atoms with Gasteiger partial charge in [0.15, 0.2) is 0 Å². The van der Waals surface area contributed by atoms with Crippen molar-refractivity contribution in [3.05, 3.63) is 0 Å². The normalized spacial score (nSPS) is 38.7. The maximum Gasteiger partial charge on any atom is 0.0125 e. The lowest BCUT2D eigenvalue weighted by Gasteiger charge is -2.45. The highest BCUT2D eigenvalue weighted by Gasteiger charge is 2.43. The highest BCUT2D eigenvalue weighted by Crippen LogP contribution is 2.43. The van der Waals surface area contributed by atoms with E-state index in [1.807, 2.05) is 0 Å². The Balaban J connectivity index is 1.63. The van der Waals surface area contributed by atoms with Crippen molar-refractivity contribution in [3.63, 3.8) is 0 Å². The van der Waals surface area contributed by atoms with E-state index in [4.69, 9.17) is 0 Å². The van der Waals surface area contributed by atoms with Gasteiger partial charge in [-0.15, -0.1) is 0 Å². The summed E-state index contributed by atoms with van der Waals surface area (Å²) in [6.45, 7) is 3.52. The van der Waals surface area contributed by atoms with Crippen molar-refractivity contribution in [2.75, 3.05) is 13.6 Å². The van der Waals surface area contributed by atoms with Gasteiger partial charge in [-0.2, -0.15) is 0 Å². The van der Waals surface area contributed by atoms with E-state index in [1.165, 1.54) is 57.9 Å². The Hall–Kier alpha value is -0.0800. The zero-order valence-electron chi connectivity index (χ0n) is 12.2. The number of hydrogen-bond donors (Lipinski definition) is 1. The molecule has 2 saturated heterocycles. The monoisotopic (exact) mass is 250 g/mol. The number of rotatable bonds is 5. The molecule has 1 aliphatic carbocycles. The molecule has 104 valence electrons. The van der Waals surface area contributed by atoms with Crippen LogP contribution in [0.4, 0.5) is 0 Å². The van der Waals surface area contributed by atoms with E-state index < -0.39 is 0 Å². The molecule has 0 aromatic rings. The molecule has 0 aromatic carbocycles. The zero-order chi connectivity index (χ0) is 12.5. The summed E-state index contributed by atoms with van der Waals surface area (Å²) in [5.74, 6) is 1.97. The molecule has 3 atom stereocenters. The number of piperidine rings is 1. The fraction of sp³-hybridized carbons (Fsp3) is 1.00. The third-order valence-electron chi connectivity index (χ3n) is 5.93. The van der Waals surface area contributed by atoms with Crippen LogP contribution in [-0.4, -0.2) is 36.6 Å². The van der Waals surface area contributed by atoms with Gasteiger partial charge in [0.2, 0.25) is 0 Å². The third kappa shape index (κ3) is 2.34. The Morgan fingerprint density at radius 2 is 1.72 bits per heavy atom. The molecular weight excluding hydrogens is 220 g/mol. The van der Waals surface area contributed by atoms with Gasteiger partial charge in [-0.3, -0.25) is 0 Å². The second-order valence-electron chi connectivity index (χ2n) is 6.95. The second-order valence-corrected chi connectivity index (χ2v) is 6.95. The molecule has 18 heavy (non-hydrogen) atoms. The first kappa shape index (κ1) is 12.9. The van der Waals surface area contributed by atoms with Gasteiger partial charge in [-0.05, 0) is 70.4 Å². The van der Waals surface area contributed by atoms with Crippen molar-refractivity contribution < 1.29 is 0 Å². The molecule has 2 nitrogen and oxygen atoms in total. The molecule has 2 heterocycles. The number of nitrogens with one attached hydrogen (secondary N) is 1. The highest BCUT2D eigenvalue weighted by atomic mass is 15.2. The number of hydrogen-bond acceptors (Lipinski definition) is 2. The first-order chi connectivity index (χ1) is 8.79. The van der Waals surface area contributed by atoms with Crippen molar-refractivity contribution in [1.82, 2.24) is 10.2 Å². The predicted molar refractivity (Wildman–Crippen MR) is 76.7 cm³/mol. The Labute approximate surface area is 113 Å². The van der Waals surface area contributed by atoms with Crippen molar-refractivity contribution in [1.29, 1.82) is 0 Å². The molecule has 3 unspecified atom stereocenters. The first-order valence-electron chi connectivity index (χ1n) is 8.25. The standard InChI is InChI=1S/C16H30N2/c1-3-9-17-16(12-5-4-6-12)13-10-14-7-8-15(11-13)18(14)2/h12-17H,3-11H2,1-2H3. The minimum atomic E-state index is 0.843. The lowest BCUT2D eigenvalue weighted by molar-refractivity contribution is 0.0767. The third-order valence-corrected chi connectivity index (χ3v) is 5.93. The molecule has 2 heteroatoms. The van der Waals surface area contributed by atoms with Crippen molar-refractivity contribution in [2.45, 2.75) is 76.4 Å². The summed E-state index contributed by atoms with van der Waals surface area (Å²) in [6, 6.07) is 2.65. The van der Waals surface area contributed by atoms with E-state index in [9.17, 15) is 0 Å². The maximum atomic E-state index is 3.91. The van der Waals surface area contributed by atoms with Gasteiger partial charge in [-0.1, -0.05) is 13.3 Å². The van der Waals surface area contributed by atoms with Crippen molar-refractivity contribution >= 4 is 0 Å². The molecule has 1 N–H and O–H groups in total. The van der Waals surface area contributed by atoms with E-state index in [0.29, 0.717) is 0 Å². The van der Waals surface area contributed by atoms with E-state index in [0.717, 1.165) is 30.0 Å². The Morgan fingerprint density at radius 3 is 2.22 bits per heavy atom. The van der Waals surface area contributed by atoms with Crippen LogP contribution >= 0.6 is 0 Å². The lowest BCUT2D eigenvalue weighted by atomic mass is 9.71. The summed E-state index contributed by atoms with van der Waals surface area (Å²) in [5, 5.41) is 3.91. The summed E-state index contributed by atoms with van der Waals surface area (Å²) < 4.78 is 0. The topological polar surface area (TPSA) is 15.3 Å². The van der Waals surface area contributed by atoms with Gasteiger partial charge in [0.25, 0.3) is 0 Å². The summed E-state index contributed by atoms with van der Waals surface area (Å²) in [7, 11) is 2.36. The van der Waals surface area contributed by atoms with Crippen LogP contribution in [0.3, 0.4) is 0 Å². The fourth-order valence-electron chi connectivity index (χ4n) is 4.57. The van der Waals surface area contributed by atoms with Crippen LogP contribution in [0.1, 0.15) is 58.3 Å². The van der Waals surface area contributed by atoms with Gasteiger partial charge in [0, 0.05) is 18.1 Å². The molecule has 1 saturated carbocycles. The van der Waals surface area contributed by atoms with Gasteiger partial charge in [0.05, 0.1) is 0 Å². The van der Waals surface area contributed by atoms with Crippen LogP contribution in [0, 0.1) is 11.8 Å². The predicted octanol–water partition coefficient (Wildman–Crippen LogP) is 3.03. The largest absolute Gasteiger partial charge is 0.313 e. The van der Waals surface area contributed by atoms with Crippen LogP contribution in [0.5, 0.6) is 0 Å². The van der Waals surface area contributed by atoms with E-state index in [1.54, 1.807) is 0 Å². The summed E-state index contributed by atoms with van der Waals surface area (Å²) >= 11 is 0. The van der Waals surface area contributed by atoms with Crippen molar-refractivity contribution in [2.24, 2.45) is 11.8 Å². The average molecular weight is 250 g/mol. The second kappa shape index (κ2) is 5.50. The molecule has 3 rings (SSSR count). The van der Waals surface area contributed by atoms with Crippen LogP contribution in [0.25, 0.3) is 0 Å². The van der Waals surface area contributed by atoms with E-state index in [2.05, 4.69) is 24.2 Å². The van der Waals surface area contributed by atoms with Crippen LogP contribution < -0.4 is 5.32 Å². The van der Waals surface area contributed by atoms with E-state index >= 15 is 0 Å². The van der Waals surface area contributed by atoms with Crippen LogP contribution in [-0.2, 0) is 0 Å². The summed E-state index contributed by atoms with van der Waals surface area (Å²) in [5.41, 5.74) is 0. The number of fused-ring (bicyclic) bond motifs is 2. The van der Waals surface area contributed by atoms with Gasteiger partial charge in [0.1, 0.15) is 0 Å². The minimum Gasteiger partial charge on any atom is -0.313 e. The highest BCUT2D eigenvalue weighted by molar-refractivity contribution is 4.99. The molecule has 0 amide bonds. The van der Waals surface area contributed by atoms with Gasteiger partial charge >= 0.3 is 0 Å². The van der Waals surface area contributed by atoms with E-state index in [-0.39, 0.29) is 0 Å². The van der Waals surface area contributed by atoms with Crippen LogP contribution in [0.2, 0.25) is 0 Å². The minimum absolute atomic E-state index is 0.843.